The molecule has 0 aliphatic carbocycles. The molecule has 152 valence electrons. The summed E-state index contributed by atoms with van der Waals surface area (Å²) < 4.78 is 0. The first-order valence-electron chi connectivity index (χ1n) is 9.16. The highest BCUT2D eigenvalue weighted by atomic mass is 16.4. The average Bonchev–Trinajstić information content (AvgIpc) is 2.75. The largest absolute Gasteiger partial charge is 0.508 e. The average molecular weight is 404 g/mol. The lowest BCUT2D eigenvalue weighted by Gasteiger charge is -2.14. The fourth-order valence-corrected chi connectivity index (χ4v) is 2.98. The van der Waals surface area contributed by atoms with Gasteiger partial charge >= 0.3 is 5.97 Å². The number of Topliss-reactive ketones (excluding diaryl/α,β-unsaturated/α-hetero) is 1. The van der Waals surface area contributed by atoms with E-state index in [1.165, 1.54) is 30.3 Å². The number of amides is 1. The van der Waals surface area contributed by atoms with Gasteiger partial charge in [-0.15, -0.1) is 0 Å². The Morgan fingerprint density at radius 2 is 1.57 bits per heavy atom. The summed E-state index contributed by atoms with van der Waals surface area (Å²) in [6.45, 7) is 0. The number of nitrogens with one attached hydrogen (secondary N) is 1. The number of hydrogen-bond acceptors (Lipinski definition) is 5. The quantitative estimate of drug-likeness (QED) is 0.448. The van der Waals surface area contributed by atoms with Crippen LogP contribution < -0.4 is 11.1 Å². The van der Waals surface area contributed by atoms with Crippen LogP contribution in [0.15, 0.2) is 72.8 Å². The van der Waals surface area contributed by atoms with Crippen molar-refractivity contribution in [2.24, 2.45) is 5.73 Å². The van der Waals surface area contributed by atoms with Crippen molar-refractivity contribution in [1.82, 2.24) is 0 Å². The van der Waals surface area contributed by atoms with Crippen molar-refractivity contribution in [2.45, 2.75) is 12.5 Å². The standard InChI is InChI=1S/C23H20N2O5/c24-20(12-14-6-9-17(26)10-7-14)21(27)19-13-16(8-11-18(19)23(29)30)25-22(28)15-4-2-1-3-5-15/h1-11,13,20,26H,12,24H2,(H,25,28)(H,29,30). The van der Waals surface area contributed by atoms with Gasteiger partial charge in [0.25, 0.3) is 5.91 Å². The van der Waals surface area contributed by atoms with Gasteiger partial charge in [-0.1, -0.05) is 30.3 Å². The van der Waals surface area contributed by atoms with Crippen molar-refractivity contribution in [1.29, 1.82) is 0 Å². The molecule has 0 fully saturated rings. The Hall–Kier alpha value is -3.97. The molecule has 3 aromatic carbocycles. The smallest absolute Gasteiger partial charge is 0.336 e. The molecule has 1 unspecified atom stereocenters. The van der Waals surface area contributed by atoms with Crippen molar-refractivity contribution < 1.29 is 24.6 Å². The first-order chi connectivity index (χ1) is 14.3. The summed E-state index contributed by atoms with van der Waals surface area (Å²) in [6.07, 6.45) is 0.165. The molecular formula is C23H20N2O5. The van der Waals surface area contributed by atoms with E-state index in [4.69, 9.17) is 5.73 Å². The van der Waals surface area contributed by atoms with Gasteiger partial charge in [-0.05, 0) is 54.4 Å². The second-order valence-corrected chi connectivity index (χ2v) is 6.73. The summed E-state index contributed by atoms with van der Waals surface area (Å²) >= 11 is 0. The maximum absolute atomic E-state index is 12.9. The van der Waals surface area contributed by atoms with Crippen LogP contribution in [-0.2, 0) is 6.42 Å². The van der Waals surface area contributed by atoms with E-state index in [0.717, 1.165) is 5.56 Å². The maximum atomic E-state index is 12.9. The Kier molecular flexibility index (Phi) is 6.24. The third-order valence-electron chi connectivity index (χ3n) is 4.54. The lowest BCUT2D eigenvalue weighted by atomic mass is 9.94. The molecule has 0 heterocycles. The Morgan fingerprint density at radius 3 is 2.20 bits per heavy atom. The first-order valence-corrected chi connectivity index (χ1v) is 9.16. The number of rotatable bonds is 7. The number of ketones is 1. The van der Waals surface area contributed by atoms with E-state index in [1.54, 1.807) is 42.5 Å². The number of anilines is 1. The minimum atomic E-state index is -1.27. The Morgan fingerprint density at radius 1 is 0.900 bits per heavy atom. The van der Waals surface area contributed by atoms with Crippen LogP contribution in [0.3, 0.4) is 0 Å². The number of aromatic hydroxyl groups is 1. The lowest BCUT2D eigenvalue weighted by molar-refractivity contribution is 0.0691. The molecule has 0 aromatic heterocycles. The number of carbonyl (C=O) groups is 3. The molecule has 0 aliphatic rings. The highest BCUT2D eigenvalue weighted by Crippen LogP contribution is 2.20. The first kappa shape index (κ1) is 20.8. The number of carbonyl (C=O) groups excluding carboxylic acids is 2. The number of benzene rings is 3. The zero-order valence-corrected chi connectivity index (χ0v) is 15.9. The molecule has 0 spiro atoms. The summed E-state index contributed by atoms with van der Waals surface area (Å²) in [6, 6.07) is 17.8. The second-order valence-electron chi connectivity index (χ2n) is 6.73. The minimum absolute atomic E-state index is 0.0837. The minimum Gasteiger partial charge on any atom is -0.508 e. The highest BCUT2D eigenvalue weighted by molar-refractivity contribution is 6.10. The van der Waals surface area contributed by atoms with E-state index < -0.39 is 17.8 Å². The summed E-state index contributed by atoms with van der Waals surface area (Å²) in [5.74, 6) is -2.12. The molecule has 0 bridgehead atoms. The number of hydrogen-bond donors (Lipinski definition) is 4. The zero-order valence-electron chi connectivity index (χ0n) is 15.9. The fourth-order valence-electron chi connectivity index (χ4n) is 2.98. The molecule has 30 heavy (non-hydrogen) atoms. The van der Waals surface area contributed by atoms with E-state index in [1.807, 2.05) is 0 Å². The van der Waals surface area contributed by atoms with E-state index in [0.29, 0.717) is 5.56 Å². The molecular weight excluding hydrogens is 384 g/mol. The monoisotopic (exact) mass is 404 g/mol. The van der Waals surface area contributed by atoms with Gasteiger partial charge in [0.2, 0.25) is 0 Å². The van der Waals surface area contributed by atoms with E-state index >= 15 is 0 Å². The van der Waals surface area contributed by atoms with E-state index in [-0.39, 0.29) is 34.9 Å². The van der Waals surface area contributed by atoms with Gasteiger partial charge in [-0.25, -0.2) is 4.79 Å². The molecule has 0 saturated carbocycles. The van der Waals surface area contributed by atoms with Gasteiger partial charge in [0.05, 0.1) is 11.6 Å². The van der Waals surface area contributed by atoms with Crippen LogP contribution >= 0.6 is 0 Å². The molecule has 7 nitrogen and oxygen atoms in total. The van der Waals surface area contributed by atoms with Crippen molar-refractivity contribution >= 4 is 23.3 Å². The molecule has 3 aromatic rings. The predicted molar refractivity (Wildman–Crippen MR) is 112 cm³/mol. The highest BCUT2D eigenvalue weighted by Gasteiger charge is 2.23. The molecule has 7 heteroatoms. The molecule has 5 N–H and O–H groups in total. The molecule has 3 rings (SSSR count). The fraction of sp³-hybridized carbons (Fsp3) is 0.0870. The van der Waals surface area contributed by atoms with Gasteiger partial charge < -0.3 is 21.3 Å². The van der Waals surface area contributed by atoms with Crippen molar-refractivity contribution in [2.75, 3.05) is 5.32 Å². The van der Waals surface area contributed by atoms with E-state index in [2.05, 4.69) is 5.32 Å². The summed E-state index contributed by atoms with van der Waals surface area (Å²) in [5, 5.41) is 21.5. The topological polar surface area (TPSA) is 130 Å². The molecule has 0 saturated heterocycles. The number of phenolic OH excluding ortho intramolecular Hbond substituents is 1. The summed E-state index contributed by atoms with van der Waals surface area (Å²) in [4.78, 5) is 36.8. The number of phenols is 1. The number of nitrogens with two attached hydrogens (primary N) is 1. The zero-order chi connectivity index (χ0) is 21.7. The van der Waals surface area contributed by atoms with Crippen LogP contribution in [0.1, 0.15) is 36.6 Å². The Labute approximate surface area is 172 Å². The lowest BCUT2D eigenvalue weighted by Crippen LogP contribution is -2.34. The Balaban J connectivity index is 1.84. The van der Waals surface area contributed by atoms with Crippen LogP contribution in [0, 0.1) is 0 Å². The van der Waals surface area contributed by atoms with Gasteiger partial charge in [-0.3, -0.25) is 9.59 Å². The summed E-state index contributed by atoms with van der Waals surface area (Å²) in [7, 11) is 0. The van der Waals surface area contributed by atoms with Gasteiger partial charge in [0.1, 0.15) is 5.75 Å². The van der Waals surface area contributed by atoms with Crippen LogP contribution in [0.2, 0.25) is 0 Å². The molecule has 1 amide bonds. The third-order valence-corrected chi connectivity index (χ3v) is 4.54. The van der Waals surface area contributed by atoms with Crippen LogP contribution in [0.5, 0.6) is 5.75 Å². The molecule has 0 aliphatic heterocycles. The molecule has 0 radical (unpaired) electrons. The van der Waals surface area contributed by atoms with Crippen molar-refractivity contribution in [3.63, 3.8) is 0 Å². The summed E-state index contributed by atoms with van der Waals surface area (Å²) in [5.41, 5.74) is 7.19. The normalized spacial score (nSPS) is 11.5. The van der Waals surface area contributed by atoms with Gasteiger partial charge in [-0.2, -0.15) is 0 Å². The second kappa shape index (κ2) is 9.02. The van der Waals surface area contributed by atoms with E-state index in [9.17, 15) is 24.6 Å². The van der Waals surface area contributed by atoms with Crippen LogP contribution in [-0.4, -0.2) is 33.9 Å². The SMILES string of the molecule is NC(Cc1ccc(O)cc1)C(=O)c1cc(NC(=O)c2ccccc2)ccc1C(=O)O. The number of carboxylic acids is 1. The van der Waals surface area contributed by atoms with Crippen LogP contribution in [0.4, 0.5) is 5.69 Å². The number of carboxylic acid groups (broad SMARTS) is 1. The van der Waals surface area contributed by atoms with Crippen molar-refractivity contribution in [3.05, 3.63) is 95.1 Å². The maximum Gasteiger partial charge on any atom is 0.336 e. The third kappa shape index (κ3) is 4.89. The van der Waals surface area contributed by atoms with Gasteiger partial charge in [0.15, 0.2) is 5.78 Å². The predicted octanol–water partition coefficient (Wildman–Crippen LogP) is 3.10. The van der Waals surface area contributed by atoms with Crippen LogP contribution in [0.25, 0.3) is 0 Å². The van der Waals surface area contributed by atoms with Crippen molar-refractivity contribution in [3.8, 4) is 5.75 Å². The molecule has 1 atom stereocenters. The number of aromatic carboxylic acids is 1. The van der Waals surface area contributed by atoms with Gasteiger partial charge in [0, 0.05) is 16.8 Å². The Bertz CT molecular complexity index is 1080.